The number of imide groups is 1. The molecule has 0 radical (unpaired) electrons. The lowest BCUT2D eigenvalue weighted by atomic mass is 10.1. The van der Waals surface area contributed by atoms with Gasteiger partial charge in [0.2, 0.25) is 17.6 Å². The highest BCUT2D eigenvalue weighted by Crippen LogP contribution is 2.23. The van der Waals surface area contributed by atoms with Crippen LogP contribution in [0.25, 0.3) is 0 Å². The predicted octanol–water partition coefficient (Wildman–Crippen LogP) is 2.78. The van der Waals surface area contributed by atoms with Crippen molar-refractivity contribution in [3.63, 3.8) is 0 Å². The number of benzene rings is 2. The highest BCUT2D eigenvalue weighted by molar-refractivity contribution is 6.19. The average molecular weight is 381 g/mol. The van der Waals surface area contributed by atoms with Gasteiger partial charge in [-0.1, -0.05) is 0 Å². The molecule has 0 bridgehead atoms. The van der Waals surface area contributed by atoms with Crippen molar-refractivity contribution in [2.24, 2.45) is 0 Å². The van der Waals surface area contributed by atoms with Crippen molar-refractivity contribution in [2.45, 2.75) is 25.9 Å². The maximum Gasteiger partial charge on any atom is 0.338 e. The van der Waals surface area contributed by atoms with E-state index in [2.05, 4.69) is 0 Å². The molecule has 1 heterocycles. The number of carbonyl (C=O) groups excluding carboxylic acids is 4. The van der Waals surface area contributed by atoms with Gasteiger partial charge in [-0.25, -0.2) is 4.79 Å². The van der Waals surface area contributed by atoms with Gasteiger partial charge in [0.05, 0.1) is 18.4 Å². The fraction of sp³-hybridized carbons (Fsp3) is 0.238. The maximum absolute atomic E-state index is 12.4. The molecule has 144 valence electrons. The molecule has 1 saturated heterocycles. The van der Waals surface area contributed by atoms with E-state index >= 15 is 0 Å². The predicted molar refractivity (Wildman–Crippen MR) is 100 cm³/mol. The van der Waals surface area contributed by atoms with Gasteiger partial charge >= 0.3 is 5.97 Å². The Labute approximate surface area is 161 Å². The molecule has 0 aromatic heterocycles. The van der Waals surface area contributed by atoms with Gasteiger partial charge in [0.25, 0.3) is 0 Å². The molecule has 2 amide bonds. The lowest BCUT2D eigenvalue weighted by molar-refractivity contribution is -0.121. The van der Waals surface area contributed by atoms with Crippen LogP contribution in [-0.2, 0) is 14.3 Å². The Hall–Kier alpha value is -3.48. The number of nitrogens with zero attached hydrogens (tertiary/aromatic N) is 1. The van der Waals surface area contributed by atoms with Gasteiger partial charge in [0.1, 0.15) is 5.75 Å². The first-order chi connectivity index (χ1) is 13.4. The van der Waals surface area contributed by atoms with Crippen LogP contribution in [0, 0.1) is 0 Å². The van der Waals surface area contributed by atoms with Crippen molar-refractivity contribution < 1.29 is 28.7 Å². The molecule has 2 aromatic carbocycles. The lowest BCUT2D eigenvalue weighted by Gasteiger charge is -2.15. The molecule has 0 spiro atoms. The molecule has 0 aliphatic carbocycles. The zero-order valence-electron chi connectivity index (χ0n) is 15.5. The van der Waals surface area contributed by atoms with Gasteiger partial charge in [-0.15, -0.1) is 0 Å². The first kappa shape index (κ1) is 19.3. The van der Waals surface area contributed by atoms with E-state index in [1.807, 2.05) is 0 Å². The molecule has 3 rings (SSSR count). The summed E-state index contributed by atoms with van der Waals surface area (Å²) in [6, 6.07) is 12.4. The van der Waals surface area contributed by atoms with Gasteiger partial charge in [-0.3, -0.25) is 19.3 Å². The second-order valence-corrected chi connectivity index (χ2v) is 6.31. The van der Waals surface area contributed by atoms with Gasteiger partial charge < -0.3 is 9.47 Å². The number of ether oxygens (including phenoxy) is 2. The van der Waals surface area contributed by atoms with Crippen molar-refractivity contribution in [2.75, 3.05) is 12.0 Å². The highest BCUT2D eigenvalue weighted by atomic mass is 16.5. The Bertz CT molecular complexity index is 901. The van der Waals surface area contributed by atoms with Gasteiger partial charge in [0, 0.05) is 18.4 Å². The van der Waals surface area contributed by atoms with E-state index < -0.39 is 12.1 Å². The molecule has 7 nitrogen and oxygen atoms in total. The minimum absolute atomic E-state index is 0.188. The molecule has 1 aliphatic heterocycles. The van der Waals surface area contributed by atoms with Crippen LogP contribution in [0.1, 0.15) is 40.5 Å². The van der Waals surface area contributed by atoms with E-state index in [-0.39, 0.29) is 36.0 Å². The standard InChI is InChI=1S/C21H19NO6/c1-13(20(25)14-5-9-17(27-2)10-6-14)28-21(26)15-3-7-16(8-4-15)22-18(23)11-12-19(22)24/h3-10,13H,11-12H2,1-2H3/t13-/m0/s1. The van der Waals surface area contributed by atoms with Crippen molar-refractivity contribution in [1.82, 2.24) is 0 Å². The molecular formula is C21H19NO6. The second kappa shape index (κ2) is 8.04. The molecule has 1 atom stereocenters. The summed E-state index contributed by atoms with van der Waals surface area (Å²) in [7, 11) is 1.53. The third-order valence-corrected chi connectivity index (χ3v) is 4.44. The van der Waals surface area contributed by atoms with E-state index in [9.17, 15) is 19.2 Å². The SMILES string of the molecule is COc1ccc(C(=O)[C@H](C)OC(=O)c2ccc(N3C(=O)CCC3=O)cc2)cc1. The van der Waals surface area contributed by atoms with Gasteiger partial charge in [-0.2, -0.15) is 0 Å². The van der Waals surface area contributed by atoms with Crippen LogP contribution < -0.4 is 9.64 Å². The van der Waals surface area contributed by atoms with Crippen LogP contribution in [0.3, 0.4) is 0 Å². The van der Waals surface area contributed by atoms with E-state index in [1.165, 1.54) is 38.3 Å². The normalized spacial score (nSPS) is 14.7. The van der Waals surface area contributed by atoms with Crippen LogP contribution in [0.2, 0.25) is 0 Å². The number of amides is 2. The largest absolute Gasteiger partial charge is 0.497 e. The second-order valence-electron chi connectivity index (χ2n) is 6.31. The smallest absolute Gasteiger partial charge is 0.338 e. The Morgan fingerprint density at radius 3 is 1.96 bits per heavy atom. The Kier molecular flexibility index (Phi) is 5.54. The summed E-state index contributed by atoms with van der Waals surface area (Å²) in [4.78, 5) is 49.4. The van der Waals surface area contributed by atoms with E-state index in [0.29, 0.717) is 17.0 Å². The summed E-state index contributed by atoms with van der Waals surface area (Å²) in [6.07, 6.45) is -0.594. The summed E-state index contributed by atoms with van der Waals surface area (Å²) in [5.74, 6) is -0.907. The zero-order chi connectivity index (χ0) is 20.3. The van der Waals surface area contributed by atoms with Crippen LogP contribution >= 0.6 is 0 Å². The number of hydrogen-bond acceptors (Lipinski definition) is 6. The molecule has 2 aromatic rings. The van der Waals surface area contributed by atoms with Crippen LogP contribution in [0.4, 0.5) is 5.69 Å². The molecule has 1 fully saturated rings. The fourth-order valence-corrected chi connectivity index (χ4v) is 2.88. The Morgan fingerprint density at radius 1 is 0.893 bits per heavy atom. The quantitative estimate of drug-likeness (QED) is 0.434. The molecule has 28 heavy (non-hydrogen) atoms. The topological polar surface area (TPSA) is 90.0 Å². The highest BCUT2D eigenvalue weighted by Gasteiger charge is 2.30. The minimum Gasteiger partial charge on any atom is -0.497 e. The average Bonchev–Trinajstić information content (AvgIpc) is 3.05. The number of Topliss-reactive ketones (excluding diaryl/α,β-unsaturated/α-hetero) is 1. The molecule has 7 heteroatoms. The Balaban J connectivity index is 1.65. The van der Waals surface area contributed by atoms with Crippen molar-refractivity contribution in [3.05, 3.63) is 59.7 Å². The fourth-order valence-electron chi connectivity index (χ4n) is 2.88. The van der Waals surface area contributed by atoms with Crippen molar-refractivity contribution in [3.8, 4) is 5.75 Å². The number of hydrogen-bond donors (Lipinski definition) is 0. The lowest BCUT2D eigenvalue weighted by Crippen LogP contribution is -2.28. The van der Waals surface area contributed by atoms with Gasteiger partial charge in [0.15, 0.2) is 6.10 Å². The van der Waals surface area contributed by atoms with E-state index in [0.717, 1.165) is 4.90 Å². The molecular weight excluding hydrogens is 362 g/mol. The minimum atomic E-state index is -0.970. The van der Waals surface area contributed by atoms with Crippen LogP contribution in [0.15, 0.2) is 48.5 Å². The number of esters is 1. The summed E-state index contributed by atoms with van der Waals surface area (Å²) >= 11 is 0. The number of ketones is 1. The molecule has 0 saturated carbocycles. The summed E-state index contributed by atoms with van der Waals surface area (Å²) < 4.78 is 10.3. The number of methoxy groups -OCH3 is 1. The van der Waals surface area contributed by atoms with E-state index in [4.69, 9.17) is 9.47 Å². The first-order valence-electron chi connectivity index (χ1n) is 8.76. The summed E-state index contributed by atoms with van der Waals surface area (Å²) in [6.45, 7) is 1.50. The monoisotopic (exact) mass is 381 g/mol. The number of carbonyl (C=O) groups is 4. The van der Waals surface area contributed by atoms with E-state index in [1.54, 1.807) is 24.3 Å². The third kappa shape index (κ3) is 3.93. The van der Waals surface area contributed by atoms with Gasteiger partial charge in [-0.05, 0) is 55.5 Å². The zero-order valence-corrected chi connectivity index (χ0v) is 15.5. The maximum atomic E-state index is 12.4. The first-order valence-corrected chi connectivity index (χ1v) is 8.76. The molecule has 1 aliphatic rings. The third-order valence-electron chi connectivity index (χ3n) is 4.44. The van der Waals surface area contributed by atoms with Crippen LogP contribution in [-0.4, -0.2) is 36.8 Å². The molecule has 0 N–H and O–H groups in total. The van der Waals surface area contributed by atoms with Crippen molar-refractivity contribution >= 4 is 29.3 Å². The van der Waals surface area contributed by atoms with Crippen LogP contribution in [0.5, 0.6) is 5.75 Å². The Morgan fingerprint density at radius 2 is 1.43 bits per heavy atom. The molecule has 0 unspecified atom stereocenters. The number of rotatable bonds is 6. The number of anilines is 1. The summed E-state index contributed by atoms with van der Waals surface area (Å²) in [5, 5.41) is 0. The summed E-state index contributed by atoms with van der Waals surface area (Å²) in [5.41, 5.74) is 1.03. The van der Waals surface area contributed by atoms with Crippen molar-refractivity contribution in [1.29, 1.82) is 0 Å².